The summed E-state index contributed by atoms with van der Waals surface area (Å²) in [4.78, 5) is 0. The Balaban J connectivity index is 2.06. The summed E-state index contributed by atoms with van der Waals surface area (Å²) in [7, 11) is 0. The van der Waals surface area contributed by atoms with Crippen LogP contribution < -0.4 is 5.73 Å². The van der Waals surface area contributed by atoms with Crippen molar-refractivity contribution in [1.29, 1.82) is 0 Å². The monoisotopic (exact) mass is 285 g/mol. The van der Waals surface area contributed by atoms with Gasteiger partial charge in [-0.2, -0.15) is 0 Å². The predicted molar refractivity (Wildman–Crippen MR) is 86.9 cm³/mol. The normalized spacial score (nSPS) is 14.2. The zero-order valence-corrected chi connectivity index (χ0v) is 13.1. The summed E-state index contributed by atoms with van der Waals surface area (Å²) in [6.45, 7) is 6.40. The van der Waals surface area contributed by atoms with Crippen molar-refractivity contribution in [3.63, 3.8) is 0 Å². The third-order valence-corrected chi connectivity index (χ3v) is 3.75. The number of benzene rings is 2. The van der Waals surface area contributed by atoms with Gasteiger partial charge in [-0.25, -0.2) is 4.39 Å². The van der Waals surface area contributed by atoms with Crippen molar-refractivity contribution in [2.75, 3.05) is 0 Å². The van der Waals surface area contributed by atoms with Crippen LogP contribution in [0.3, 0.4) is 0 Å². The SMILES string of the molecule is CC(C)c1ccc(CC(C)(N)Cc2cccc(F)c2)cc1. The van der Waals surface area contributed by atoms with Crippen molar-refractivity contribution >= 4 is 0 Å². The van der Waals surface area contributed by atoms with Crippen molar-refractivity contribution in [2.24, 2.45) is 5.73 Å². The van der Waals surface area contributed by atoms with Crippen molar-refractivity contribution in [2.45, 2.75) is 45.1 Å². The third kappa shape index (κ3) is 4.68. The van der Waals surface area contributed by atoms with E-state index in [0.717, 1.165) is 12.0 Å². The second-order valence-corrected chi connectivity index (χ2v) is 6.53. The summed E-state index contributed by atoms with van der Waals surface area (Å²) in [6, 6.07) is 15.3. The van der Waals surface area contributed by atoms with E-state index in [1.165, 1.54) is 17.2 Å². The van der Waals surface area contributed by atoms with E-state index < -0.39 is 0 Å². The van der Waals surface area contributed by atoms with Gasteiger partial charge in [0.05, 0.1) is 0 Å². The van der Waals surface area contributed by atoms with Crippen LogP contribution in [0, 0.1) is 5.82 Å². The molecule has 0 fully saturated rings. The third-order valence-electron chi connectivity index (χ3n) is 3.75. The largest absolute Gasteiger partial charge is 0.325 e. The molecule has 0 aliphatic heterocycles. The molecule has 1 atom stereocenters. The van der Waals surface area contributed by atoms with Crippen LogP contribution in [0.25, 0.3) is 0 Å². The van der Waals surface area contributed by atoms with Gasteiger partial charge in [0.1, 0.15) is 5.82 Å². The van der Waals surface area contributed by atoms with Crippen LogP contribution in [0.5, 0.6) is 0 Å². The fourth-order valence-corrected chi connectivity index (χ4v) is 2.66. The van der Waals surface area contributed by atoms with E-state index in [0.29, 0.717) is 12.3 Å². The van der Waals surface area contributed by atoms with Crippen LogP contribution in [-0.2, 0) is 12.8 Å². The quantitative estimate of drug-likeness (QED) is 0.863. The van der Waals surface area contributed by atoms with Crippen LogP contribution in [0.2, 0.25) is 0 Å². The molecule has 1 nitrogen and oxygen atoms in total. The lowest BCUT2D eigenvalue weighted by Gasteiger charge is -2.25. The van der Waals surface area contributed by atoms with E-state index in [-0.39, 0.29) is 11.4 Å². The Bertz CT molecular complexity index is 585. The van der Waals surface area contributed by atoms with E-state index >= 15 is 0 Å². The fraction of sp³-hybridized carbons (Fsp3) is 0.368. The molecule has 0 spiro atoms. The fourth-order valence-electron chi connectivity index (χ4n) is 2.66. The smallest absolute Gasteiger partial charge is 0.123 e. The lowest BCUT2D eigenvalue weighted by molar-refractivity contribution is 0.461. The number of rotatable bonds is 5. The molecule has 0 saturated carbocycles. The molecule has 2 N–H and O–H groups in total. The molecule has 21 heavy (non-hydrogen) atoms. The zero-order valence-electron chi connectivity index (χ0n) is 13.1. The average Bonchev–Trinajstić information content (AvgIpc) is 2.38. The molecule has 0 aromatic heterocycles. The van der Waals surface area contributed by atoms with E-state index in [4.69, 9.17) is 5.73 Å². The lowest BCUT2D eigenvalue weighted by Crippen LogP contribution is -2.40. The van der Waals surface area contributed by atoms with Gasteiger partial charge >= 0.3 is 0 Å². The van der Waals surface area contributed by atoms with Crippen LogP contribution in [0.1, 0.15) is 43.4 Å². The molecule has 0 radical (unpaired) electrons. The van der Waals surface area contributed by atoms with Crippen molar-refractivity contribution < 1.29 is 4.39 Å². The summed E-state index contributed by atoms with van der Waals surface area (Å²) in [5, 5.41) is 0. The van der Waals surface area contributed by atoms with Gasteiger partial charge in [0.2, 0.25) is 0 Å². The highest BCUT2D eigenvalue weighted by Crippen LogP contribution is 2.20. The van der Waals surface area contributed by atoms with Crippen molar-refractivity contribution in [3.05, 3.63) is 71.0 Å². The minimum Gasteiger partial charge on any atom is -0.325 e. The molecule has 0 aliphatic rings. The molecule has 0 heterocycles. The highest BCUT2D eigenvalue weighted by Gasteiger charge is 2.20. The summed E-state index contributed by atoms with van der Waals surface area (Å²) < 4.78 is 13.2. The number of hydrogen-bond donors (Lipinski definition) is 1. The van der Waals surface area contributed by atoms with Crippen LogP contribution in [-0.4, -0.2) is 5.54 Å². The molecule has 0 amide bonds. The molecule has 2 aromatic rings. The Hall–Kier alpha value is -1.67. The first-order valence-corrected chi connectivity index (χ1v) is 7.48. The Morgan fingerprint density at radius 3 is 2.19 bits per heavy atom. The number of nitrogens with two attached hydrogens (primary N) is 1. The topological polar surface area (TPSA) is 26.0 Å². The van der Waals surface area contributed by atoms with Gasteiger partial charge in [0.25, 0.3) is 0 Å². The summed E-state index contributed by atoms with van der Waals surface area (Å²) >= 11 is 0. The Labute approximate surface area is 127 Å². The first-order valence-electron chi connectivity index (χ1n) is 7.48. The molecule has 2 aromatic carbocycles. The first-order chi connectivity index (χ1) is 9.85. The van der Waals surface area contributed by atoms with Crippen LogP contribution in [0.15, 0.2) is 48.5 Å². The molecule has 0 bridgehead atoms. The van der Waals surface area contributed by atoms with Crippen LogP contribution in [0.4, 0.5) is 4.39 Å². The van der Waals surface area contributed by atoms with Crippen molar-refractivity contribution in [1.82, 2.24) is 0 Å². The Morgan fingerprint density at radius 1 is 1.00 bits per heavy atom. The molecular weight excluding hydrogens is 261 g/mol. The molecule has 2 heteroatoms. The maximum absolute atomic E-state index is 13.2. The lowest BCUT2D eigenvalue weighted by atomic mass is 9.87. The minimum atomic E-state index is -0.382. The summed E-state index contributed by atoms with van der Waals surface area (Å²) in [6.07, 6.45) is 1.44. The number of hydrogen-bond acceptors (Lipinski definition) is 1. The average molecular weight is 285 g/mol. The molecule has 1 unspecified atom stereocenters. The van der Waals surface area contributed by atoms with Crippen molar-refractivity contribution in [3.8, 4) is 0 Å². The molecule has 0 aliphatic carbocycles. The van der Waals surface area contributed by atoms with Gasteiger partial charge in [-0.3, -0.25) is 0 Å². The summed E-state index contributed by atoms with van der Waals surface area (Å²) in [5.74, 6) is 0.334. The van der Waals surface area contributed by atoms with E-state index in [2.05, 4.69) is 38.1 Å². The Kier molecular flexibility index (Phi) is 4.79. The standard InChI is InChI=1S/C19H24FN/c1-14(2)17-9-7-15(8-10-17)12-19(3,21)13-16-5-4-6-18(20)11-16/h4-11,14H,12-13,21H2,1-3H3. The van der Waals surface area contributed by atoms with Gasteiger partial charge in [0, 0.05) is 5.54 Å². The van der Waals surface area contributed by atoms with E-state index in [1.54, 1.807) is 12.1 Å². The van der Waals surface area contributed by atoms with Gasteiger partial charge in [0.15, 0.2) is 0 Å². The highest BCUT2D eigenvalue weighted by atomic mass is 19.1. The van der Waals surface area contributed by atoms with E-state index in [1.807, 2.05) is 13.0 Å². The zero-order chi connectivity index (χ0) is 15.5. The minimum absolute atomic E-state index is 0.204. The second kappa shape index (κ2) is 6.40. The highest BCUT2D eigenvalue weighted by molar-refractivity contribution is 5.27. The molecule has 0 saturated heterocycles. The Morgan fingerprint density at radius 2 is 1.62 bits per heavy atom. The maximum atomic E-state index is 13.2. The van der Waals surface area contributed by atoms with Gasteiger partial charge in [-0.1, -0.05) is 50.2 Å². The van der Waals surface area contributed by atoms with Gasteiger partial charge < -0.3 is 5.73 Å². The molecule has 112 valence electrons. The van der Waals surface area contributed by atoms with Gasteiger partial charge in [-0.05, 0) is 54.5 Å². The maximum Gasteiger partial charge on any atom is 0.123 e. The predicted octanol–water partition coefficient (Wildman–Crippen LogP) is 4.45. The van der Waals surface area contributed by atoms with Crippen LogP contribution >= 0.6 is 0 Å². The molecule has 2 rings (SSSR count). The molecular formula is C19H24FN. The van der Waals surface area contributed by atoms with E-state index in [9.17, 15) is 4.39 Å². The first kappa shape index (κ1) is 15.7. The number of halogens is 1. The van der Waals surface area contributed by atoms with Gasteiger partial charge in [-0.15, -0.1) is 0 Å². The second-order valence-electron chi connectivity index (χ2n) is 6.53. The summed E-state index contributed by atoms with van der Waals surface area (Å²) in [5.41, 5.74) is 9.53.